The second kappa shape index (κ2) is 11.5. The molecule has 166 valence electrons. The number of amides is 2. The lowest BCUT2D eigenvalue weighted by Gasteiger charge is -2.27. The summed E-state index contributed by atoms with van der Waals surface area (Å²) < 4.78 is 0. The molecule has 9 heteroatoms. The topological polar surface area (TPSA) is 112 Å². The molecule has 1 atom stereocenters. The van der Waals surface area contributed by atoms with E-state index in [-0.39, 0.29) is 12.5 Å². The molecule has 1 unspecified atom stereocenters. The molecule has 2 amide bonds. The Hall–Kier alpha value is -2.91. The summed E-state index contributed by atoms with van der Waals surface area (Å²) in [6.07, 6.45) is 2.51. The molecule has 0 saturated carbocycles. The highest BCUT2D eigenvalue weighted by molar-refractivity contribution is 7.10. The molecule has 31 heavy (non-hydrogen) atoms. The fraction of sp³-hybridized carbons (Fsp3) is 0.409. The summed E-state index contributed by atoms with van der Waals surface area (Å²) in [4.78, 5) is 31.0. The van der Waals surface area contributed by atoms with E-state index in [9.17, 15) is 9.59 Å². The van der Waals surface area contributed by atoms with Gasteiger partial charge in [-0.15, -0.1) is 11.3 Å². The lowest BCUT2D eigenvalue weighted by atomic mass is 10.1. The second-order valence-corrected chi connectivity index (χ2v) is 8.41. The molecule has 1 aromatic carbocycles. The monoisotopic (exact) mass is 442 g/mol. The van der Waals surface area contributed by atoms with E-state index in [1.54, 1.807) is 30.5 Å². The van der Waals surface area contributed by atoms with Gasteiger partial charge >= 0.3 is 0 Å². The Morgan fingerprint density at radius 2 is 1.87 bits per heavy atom. The first-order valence-corrected chi connectivity index (χ1v) is 11.3. The molecule has 1 aliphatic rings. The van der Waals surface area contributed by atoms with Gasteiger partial charge in [-0.3, -0.25) is 19.5 Å². The van der Waals surface area contributed by atoms with Crippen LogP contribution in [0.4, 0.5) is 0 Å². The van der Waals surface area contributed by atoms with Gasteiger partial charge in [0.1, 0.15) is 0 Å². The number of nitrogens with one attached hydrogen (secondary N) is 3. The Balaban J connectivity index is 1.50. The van der Waals surface area contributed by atoms with E-state index in [1.165, 1.54) is 17.7 Å². The van der Waals surface area contributed by atoms with E-state index in [1.807, 2.05) is 12.1 Å². The Morgan fingerprint density at radius 3 is 2.48 bits per heavy atom. The number of thiophene rings is 1. The number of carbonyl (C=O) groups excluding carboxylic acids is 2. The average Bonchev–Trinajstić information content (AvgIpc) is 3.49. The highest BCUT2D eigenvalue weighted by Gasteiger charge is 2.24. The molecule has 1 saturated heterocycles. The smallest absolute Gasteiger partial charge is 0.251 e. The first kappa shape index (κ1) is 22.8. The molecular formula is C22H30N6O2S. The van der Waals surface area contributed by atoms with Crippen LogP contribution in [0.2, 0.25) is 0 Å². The molecule has 2 heterocycles. The predicted octanol–water partition coefficient (Wildman–Crippen LogP) is 1.47. The summed E-state index contributed by atoms with van der Waals surface area (Å²) in [6.45, 7) is 3.47. The second-order valence-electron chi connectivity index (χ2n) is 7.43. The molecule has 0 bridgehead atoms. The summed E-state index contributed by atoms with van der Waals surface area (Å²) in [5.41, 5.74) is 6.55. The molecule has 5 N–H and O–H groups in total. The maximum atomic E-state index is 12.0. The number of carbonyl (C=O) groups is 2. The molecule has 0 spiro atoms. The van der Waals surface area contributed by atoms with Crippen molar-refractivity contribution in [3.05, 3.63) is 57.8 Å². The maximum absolute atomic E-state index is 12.0. The summed E-state index contributed by atoms with van der Waals surface area (Å²) >= 11 is 1.80. The van der Waals surface area contributed by atoms with Crippen LogP contribution in [0, 0.1) is 0 Å². The number of hydrogen-bond acceptors (Lipinski definition) is 5. The van der Waals surface area contributed by atoms with E-state index in [2.05, 4.69) is 43.4 Å². The average molecular weight is 443 g/mol. The van der Waals surface area contributed by atoms with Crippen LogP contribution in [0.25, 0.3) is 0 Å². The Kier molecular flexibility index (Phi) is 8.43. The van der Waals surface area contributed by atoms with Gasteiger partial charge in [0.2, 0.25) is 5.91 Å². The lowest BCUT2D eigenvalue weighted by Crippen LogP contribution is -2.42. The number of likely N-dealkylation sites (tertiary alicyclic amines) is 1. The Bertz CT molecular complexity index is 876. The molecule has 8 nitrogen and oxygen atoms in total. The van der Waals surface area contributed by atoms with E-state index in [0.717, 1.165) is 31.2 Å². The van der Waals surface area contributed by atoms with E-state index >= 15 is 0 Å². The Morgan fingerprint density at radius 1 is 1.13 bits per heavy atom. The van der Waals surface area contributed by atoms with Crippen molar-refractivity contribution < 1.29 is 9.59 Å². The van der Waals surface area contributed by atoms with Crippen molar-refractivity contribution >= 4 is 29.1 Å². The molecule has 2 aromatic rings. The minimum atomic E-state index is -0.570. The van der Waals surface area contributed by atoms with E-state index in [0.29, 0.717) is 18.2 Å². The molecule has 1 fully saturated rings. The number of aliphatic imine (C=N–C) groups is 1. The van der Waals surface area contributed by atoms with Gasteiger partial charge in [-0.05, 0) is 55.1 Å². The van der Waals surface area contributed by atoms with Gasteiger partial charge in [0.05, 0.1) is 12.6 Å². The van der Waals surface area contributed by atoms with Gasteiger partial charge < -0.3 is 21.7 Å². The molecule has 0 radical (unpaired) electrons. The van der Waals surface area contributed by atoms with Crippen LogP contribution < -0.4 is 21.7 Å². The molecule has 1 aromatic heterocycles. The number of primary amides is 1. The normalized spacial score (nSPS) is 15.5. The summed E-state index contributed by atoms with van der Waals surface area (Å²) in [6, 6.07) is 11.9. The van der Waals surface area contributed by atoms with Gasteiger partial charge in [0, 0.05) is 30.6 Å². The lowest BCUT2D eigenvalue weighted by molar-refractivity contribution is -0.117. The number of rotatable bonds is 9. The molecular weight excluding hydrogens is 412 g/mol. The predicted molar refractivity (Wildman–Crippen MR) is 124 cm³/mol. The quantitative estimate of drug-likeness (QED) is 0.347. The minimum absolute atomic E-state index is 0.173. The van der Waals surface area contributed by atoms with Gasteiger partial charge in [-0.25, -0.2) is 0 Å². The first-order valence-electron chi connectivity index (χ1n) is 10.4. The van der Waals surface area contributed by atoms with Crippen molar-refractivity contribution in [1.82, 2.24) is 20.9 Å². The number of nitrogens with zero attached hydrogens (tertiary/aromatic N) is 2. The van der Waals surface area contributed by atoms with Crippen molar-refractivity contribution in [2.45, 2.75) is 25.4 Å². The maximum Gasteiger partial charge on any atom is 0.251 e. The van der Waals surface area contributed by atoms with Crippen LogP contribution >= 0.6 is 11.3 Å². The molecule has 1 aliphatic heterocycles. The van der Waals surface area contributed by atoms with Gasteiger partial charge in [0.15, 0.2) is 5.96 Å². The van der Waals surface area contributed by atoms with Crippen molar-refractivity contribution in [3.63, 3.8) is 0 Å². The highest BCUT2D eigenvalue weighted by atomic mass is 32.1. The van der Waals surface area contributed by atoms with Crippen LogP contribution in [0.5, 0.6) is 0 Å². The van der Waals surface area contributed by atoms with E-state index in [4.69, 9.17) is 5.73 Å². The molecule has 3 rings (SSSR count). The third kappa shape index (κ3) is 6.80. The first-order chi connectivity index (χ1) is 15.1. The van der Waals surface area contributed by atoms with E-state index < -0.39 is 5.91 Å². The number of guanidine groups is 1. The number of hydrogen-bond donors (Lipinski definition) is 4. The number of nitrogens with two attached hydrogens (primary N) is 1. The Labute approximate surface area is 186 Å². The molecule has 0 aliphatic carbocycles. The van der Waals surface area contributed by atoms with Gasteiger partial charge in [-0.1, -0.05) is 18.2 Å². The van der Waals surface area contributed by atoms with Crippen molar-refractivity contribution in [2.75, 3.05) is 33.2 Å². The fourth-order valence-electron chi connectivity index (χ4n) is 3.59. The zero-order valence-corrected chi connectivity index (χ0v) is 18.6. The third-order valence-corrected chi connectivity index (χ3v) is 6.21. The van der Waals surface area contributed by atoms with Crippen LogP contribution in [-0.2, 0) is 11.3 Å². The van der Waals surface area contributed by atoms with Crippen molar-refractivity contribution in [3.8, 4) is 0 Å². The van der Waals surface area contributed by atoms with Gasteiger partial charge in [-0.2, -0.15) is 0 Å². The SMILES string of the molecule is CN=C(NCc1ccc(C(=O)NCC(N)=O)cc1)NCC(c1cccs1)N1CCCC1. The fourth-order valence-corrected chi connectivity index (χ4v) is 4.45. The van der Waals surface area contributed by atoms with Crippen LogP contribution in [-0.4, -0.2) is 55.9 Å². The zero-order chi connectivity index (χ0) is 22.1. The minimum Gasteiger partial charge on any atom is -0.368 e. The van der Waals surface area contributed by atoms with Crippen molar-refractivity contribution in [2.24, 2.45) is 10.7 Å². The van der Waals surface area contributed by atoms with Crippen molar-refractivity contribution in [1.29, 1.82) is 0 Å². The largest absolute Gasteiger partial charge is 0.368 e. The number of benzene rings is 1. The third-order valence-electron chi connectivity index (χ3n) is 5.24. The van der Waals surface area contributed by atoms with Gasteiger partial charge in [0.25, 0.3) is 5.91 Å². The standard InChI is InChI=1S/C22H30N6O2S/c1-24-22(27-14-18(19-5-4-12-31-19)28-10-2-3-11-28)26-13-16-6-8-17(9-7-16)21(30)25-15-20(23)29/h4-9,12,18H,2-3,10-11,13-15H2,1H3,(H2,23,29)(H,25,30)(H2,24,26,27). The summed E-state index contributed by atoms with van der Waals surface area (Å²) in [7, 11) is 1.76. The zero-order valence-electron chi connectivity index (χ0n) is 17.8. The van der Waals surface area contributed by atoms with Crippen LogP contribution in [0.15, 0.2) is 46.8 Å². The summed E-state index contributed by atoms with van der Waals surface area (Å²) in [5.74, 6) is -0.152. The van der Waals surface area contributed by atoms with Crippen LogP contribution in [0.1, 0.15) is 39.7 Å². The highest BCUT2D eigenvalue weighted by Crippen LogP contribution is 2.27. The summed E-state index contributed by atoms with van der Waals surface area (Å²) in [5, 5.41) is 11.4. The van der Waals surface area contributed by atoms with Crippen LogP contribution in [0.3, 0.4) is 0 Å².